The molecular weight excluding hydrogens is 510 g/mol. The zero-order valence-corrected chi connectivity index (χ0v) is 25.7. The van der Waals surface area contributed by atoms with Gasteiger partial charge in [0.1, 0.15) is 0 Å². The molecule has 0 aliphatic carbocycles. The molecule has 0 fully saturated rings. The van der Waals surface area contributed by atoms with Gasteiger partial charge in [0.05, 0.1) is 16.9 Å². The Morgan fingerprint density at radius 3 is 2.22 bits per heavy atom. The standard InChI is InChI=1S/C28H36N4O2.C6H15N/c1-4-7-8-11-19-29-27(33)22-15-17-23(18-16-22)32-28(34)24(26(31-32)12-5-2)20-30-25-14-10-9-13-21(25)6-3;1-2-3-4-5-6-7/h9-10,13-18,20,31H,4-8,11-12,19H2,1-3H3,(H,29,33);2-7H2,1H3. The van der Waals surface area contributed by atoms with E-state index in [4.69, 9.17) is 5.73 Å². The first-order chi connectivity index (χ1) is 20.0. The van der Waals surface area contributed by atoms with Crippen LogP contribution in [-0.2, 0) is 12.8 Å². The van der Waals surface area contributed by atoms with Crippen LogP contribution in [0, 0.1) is 0 Å². The van der Waals surface area contributed by atoms with Crippen LogP contribution in [0.15, 0.2) is 58.3 Å². The summed E-state index contributed by atoms with van der Waals surface area (Å²) in [6, 6.07) is 15.1. The lowest BCUT2D eigenvalue weighted by Gasteiger charge is -2.06. The number of rotatable bonds is 16. The van der Waals surface area contributed by atoms with Gasteiger partial charge in [-0.15, -0.1) is 0 Å². The highest BCUT2D eigenvalue weighted by Crippen LogP contribution is 2.19. The van der Waals surface area contributed by atoms with Crippen LogP contribution in [0.1, 0.15) is 113 Å². The van der Waals surface area contributed by atoms with E-state index in [0.29, 0.717) is 23.4 Å². The van der Waals surface area contributed by atoms with Crippen LogP contribution in [0.3, 0.4) is 0 Å². The molecule has 0 aliphatic rings. The number of H-pyrrole nitrogens is 1. The molecule has 0 aliphatic heterocycles. The number of aromatic nitrogens is 2. The number of hydrogen-bond donors (Lipinski definition) is 3. The van der Waals surface area contributed by atoms with E-state index in [2.05, 4.69) is 49.2 Å². The normalized spacial score (nSPS) is 11.0. The summed E-state index contributed by atoms with van der Waals surface area (Å²) in [5, 5.41) is 6.21. The van der Waals surface area contributed by atoms with Crippen molar-refractivity contribution in [1.82, 2.24) is 15.1 Å². The lowest BCUT2D eigenvalue weighted by molar-refractivity contribution is 0.0953. The van der Waals surface area contributed by atoms with Crippen LogP contribution >= 0.6 is 0 Å². The van der Waals surface area contributed by atoms with Crippen LogP contribution < -0.4 is 16.6 Å². The summed E-state index contributed by atoms with van der Waals surface area (Å²) in [7, 11) is 0. The summed E-state index contributed by atoms with van der Waals surface area (Å²) in [5.74, 6) is -0.0871. The molecule has 7 heteroatoms. The third kappa shape index (κ3) is 11.2. The molecule has 41 heavy (non-hydrogen) atoms. The van der Waals surface area contributed by atoms with Gasteiger partial charge in [-0.25, -0.2) is 4.68 Å². The van der Waals surface area contributed by atoms with Gasteiger partial charge in [-0.2, -0.15) is 0 Å². The number of carbonyl (C=O) groups is 1. The van der Waals surface area contributed by atoms with Gasteiger partial charge in [0.25, 0.3) is 11.5 Å². The van der Waals surface area contributed by atoms with Gasteiger partial charge < -0.3 is 11.1 Å². The molecular formula is C34H51N5O2. The number of hydrogen-bond acceptors (Lipinski definition) is 4. The monoisotopic (exact) mass is 561 g/mol. The van der Waals surface area contributed by atoms with E-state index in [9.17, 15) is 9.59 Å². The number of carbonyl (C=O) groups excluding carboxylic acids is 1. The molecule has 2 aromatic carbocycles. The van der Waals surface area contributed by atoms with Crippen molar-refractivity contribution in [3.8, 4) is 5.69 Å². The van der Waals surface area contributed by atoms with Gasteiger partial charge in [0.15, 0.2) is 0 Å². The Bertz CT molecular complexity index is 1240. The van der Waals surface area contributed by atoms with E-state index in [1.807, 2.05) is 18.2 Å². The quantitative estimate of drug-likeness (QED) is 0.126. The Balaban J connectivity index is 0.000000745. The number of nitrogens with zero attached hydrogens (tertiary/aromatic N) is 2. The Morgan fingerprint density at radius 2 is 1.59 bits per heavy atom. The molecule has 0 radical (unpaired) electrons. The van der Waals surface area contributed by atoms with Crippen molar-refractivity contribution in [3.63, 3.8) is 0 Å². The maximum atomic E-state index is 13.2. The van der Waals surface area contributed by atoms with Crippen LogP contribution in [0.5, 0.6) is 0 Å². The van der Waals surface area contributed by atoms with Crippen molar-refractivity contribution in [1.29, 1.82) is 0 Å². The van der Waals surface area contributed by atoms with Crippen molar-refractivity contribution >= 4 is 17.8 Å². The Labute approximate surface area is 246 Å². The van der Waals surface area contributed by atoms with Crippen molar-refractivity contribution in [2.24, 2.45) is 10.7 Å². The van der Waals surface area contributed by atoms with E-state index < -0.39 is 0 Å². The molecule has 1 heterocycles. The predicted octanol–water partition coefficient (Wildman–Crippen LogP) is 7.27. The van der Waals surface area contributed by atoms with Crippen molar-refractivity contribution < 1.29 is 4.79 Å². The van der Waals surface area contributed by atoms with E-state index in [0.717, 1.165) is 55.6 Å². The molecule has 0 atom stereocenters. The van der Waals surface area contributed by atoms with Crippen molar-refractivity contribution in [2.75, 3.05) is 13.1 Å². The molecule has 0 saturated heterocycles. The van der Waals surface area contributed by atoms with Crippen LogP contribution in [0.2, 0.25) is 0 Å². The molecule has 4 N–H and O–H groups in total. The number of nitrogens with one attached hydrogen (secondary N) is 2. The minimum absolute atomic E-state index is 0.0871. The van der Waals surface area contributed by atoms with Gasteiger partial charge in [0.2, 0.25) is 0 Å². The Kier molecular flexibility index (Phi) is 16.1. The third-order valence-corrected chi connectivity index (χ3v) is 6.97. The highest BCUT2D eigenvalue weighted by molar-refractivity contribution is 5.94. The number of benzene rings is 2. The second-order valence-electron chi connectivity index (χ2n) is 10.3. The summed E-state index contributed by atoms with van der Waals surface area (Å²) in [6.07, 6.45) is 13.9. The summed E-state index contributed by atoms with van der Waals surface area (Å²) in [5.41, 5.74) is 9.86. The van der Waals surface area contributed by atoms with E-state index in [1.165, 1.54) is 43.2 Å². The second kappa shape index (κ2) is 19.6. The number of aliphatic imine (C=N–C) groups is 1. The van der Waals surface area contributed by atoms with Crippen molar-refractivity contribution in [3.05, 3.63) is 81.3 Å². The van der Waals surface area contributed by atoms with Gasteiger partial charge in [-0.1, -0.05) is 90.8 Å². The van der Waals surface area contributed by atoms with Crippen LogP contribution in [0.4, 0.5) is 5.69 Å². The summed E-state index contributed by atoms with van der Waals surface area (Å²) in [6.45, 7) is 10.1. The average Bonchev–Trinajstić information content (AvgIpc) is 3.31. The fraction of sp³-hybridized carbons (Fsp3) is 0.500. The molecule has 0 spiro atoms. The molecule has 224 valence electrons. The Hall–Kier alpha value is -3.45. The molecule has 3 rings (SSSR count). The van der Waals surface area contributed by atoms with Gasteiger partial charge >= 0.3 is 0 Å². The summed E-state index contributed by atoms with van der Waals surface area (Å²) in [4.78, 5) is 30.3. The molecule has 0 unspecified atom stereocenters. The number of amides is 1. The van der Waals surface area contributed by atoms with E-state index in [-0.39, 0.29) is 11.5 Å². The highest BCUT2D eigenvalue weighted by atomic mass is 16.1. The SMILES string of the molecule is CCCCCCN.CCCCCCNC(=O)c1ccc(-n2[nH]c(CCC)c(C=Nc3ccccc3CC)c2=O)cc1. The minimum Gasteiger partial charge on any atom is -0.352 e. The third-order valence-electron chi connectivity index (χ3n) is 6.97. The molecule has 1 aromatic heterocycles. The fourth-order valence-corrected chi connectivity index (χ4v) is 4.51. The number of para-hydroxylation sites is 1. The Morgan fingerprint density at radius 1 is 0.902 bits per heavy atom. The minimum atomic E-state index is -0.144. The first-order valence-corrected chi connectivity index (χ1v) is 15.5. The summed E-state index contributed by atoms with van der Waals surface area (Å²) >= 11 is 0. The maximum Gasteiger partial charge on any atom is 0.280 e. The topological polar surface area (TPSA) is 105 Å². The molecule has 1 amide bonds. The lowest BCUT2D eigenvalue weighted by atomic mass is 10.1. The summed E-state index contributed by atoms with van der Waals surface area (Å²) < 4.78 is 1.53. The zero-order chi connectivity index (χ0) is 29.9. The van der Waals surface area contributed by atoms with E-state index >= 15 is 0 Å². The maximum absolute atomic E-state index is 13.2. The molecule has 3 aromatic rings. The van der Waals surface area contributed by atoms with Gasteiger partial charge in [-0.05, 0) is 68.1 Å². The van der Waals surface area contributed by atoms with Crippen LogP contribution in [-0.4, -0.2) is 35.0 Å². The second-order valence-corrected chi connectivity index (χ2v) is 10.3. The highest BCUT2D eigenvalue weighted by Gasteiger charge is 2.14. The lowest BCUT2D eigenvalue weighted by Crippen LogP contribution is -2.24. The first kappa shape index (κ1) is 33.8. The van der Waals surface area contributed by atoms with Crippen molar-refractivity contribution in [2.45, 2.75) is 98.3 Å². The van der Waals surface area contributed by atoms with E-state index in [1.54, 1.807) is 30.5 Å². The number of aromatic amines is 1. The van der Waals surface area contributed by atoms with Gasteiger partial charge in [-0.3, -0.25) is 19.7 Å². The number of unbranched alkanes of at least 4 members (excludes halogenated alkanes) is 6. The molecule has 0 bridgehead atoms. The molecule has 7 nitrogen and oxygen atoms in total. The molecule has 0 saturated carbocycles. The predicted molar refractivity (Wildman–Crippen MR) is 173 cm³/mol. The zero-order valence-electron chi connectivity index (χ0n) is 25.7. The number of nitrogens with two attached hydrogens (primary N) is 1. The largest absolute Gasteiger partial charge is 0.352 e. The smallest absolute Gasteiger partial charge is 0.280 e. The first-order valence-electron chi connectivity index (χ1n) is 15.5. The van der Waals surface area contributed by atoms with Crippen LogP contribution in [0.25, 0.3) is 5.69 Å². The van der Waals surface area contributed by atoms with Gasteiger partial charge in [0, 0.05) is 24.0 Å². The number of aryl methyl sites for hydroxylation is 2. The average molecular weight is 562 g/mol. The fourth-order valence-electron chi connectivity index (χ4n) is 4.51.